The van der Waals surface area contributed by atoms with Crippen molar-refractivity contribution in [2.24, 2.45) is 5.92 Å². The highest BCUT2D eigenvalue weighted by atomic mass is 14.0. The van der Waals surface area contributed by atoms with Crippen LogP contribution in [0.3, 0.4) is 0 Å². The molecular formula is C15H30. The van der Waals surface area contributed by atoms with Crippen LogP contribution in [0, 0.1) is 5.92 Å². The summed E-state index contributed by atoms with van der Waals surface area (Å²) in [5.41, 5.74) is 1.71. The SMILES string of the molecule is CCCCC=C(CCC)CCCC(C)C. The van der Waals surface area contributed by atoms with Gasteiger partial charge in [-0.25, -0.2) is 0 Å². The maximum atomic E-state index is 2.51. The van der Waals surface area contributed by atoms with E-state index in [-0.39, 0.29) is 0 Å². The first-order valence-corrected chi connectivity index (χ1v) is 6.88. The van der Waals surface area contributed by atoms with E-state index in [1.54, 1.807) is 5.57 Å². The van der Waals surface area contributed by atoms with Gasteiger partial charge in [0.2, 0.25) is 0 Å². The molecule has 0 aromatic rings. The van der Waals surface area contributed by atoms with E-state index in [0.717, 1.165) is 5.92 Å². The van der Waals surface area contributed by atoms with Crippen molar-refractivity contribution < 1.29 is 0 Å². The minimum atomic E-state index is 0.864. The van der Waals surface area contributed by atoms with Gasteiger partial charge < -0.3 is 0 Å². The highest BCUT2D eigenvalue weighted by molar-refractivity contribution is 5.01. The zero-order valence-corrected chi connectivity index (χ0v) is 11.3. The Labute approximate surface area is 97.2 Å². The fraction of sp³-hybridized carbons (Fsp3) is 0.867. The van der Waals surface area contributed by atoms with Crippen LogP contribution >= 0.6 is 0 Å². The number of rotatable bonds is 9. The molecule has 0 nitrogen and oxygen atoms in total. The molecule has 0 aliphatic rings. The lowest BCUT2D eigenvalue weighted by atomic mass is 9.99. The quantitative estimate of drug-likeness (QED) is 0.337. The molecule has 0 aromatic heterocycles. The van der Waals surface area contributed by atoms with E-state index in [1.807, 2.05) is 0 Å². The summed E-state index contributed by atoms with van der Waals surface area (Å²) in [7, 11) is 0. The Kier molecular flexibility index (Phi) is 10.1. The normalized spacial score (nSPS) is 12.5. The second kappa shape index (κ2) is 10.3. The summed E-state index contributed by atoms with van der Waals surface area (Å²) >= 11 is 0. The Morgan fingerprint density at radius 1 is 1.00 bits per heavy atom. The summed E-state index contributed by atoms with van der Waals surface area (Å²) < 4.78 is 0. The summed E-state index contributed by atoms with van der Waals surface area (Å²) in [6.45, 7) is 9.20. The third-order valence-electron chi connectivity index (χ3n) is 2.84. The maximum absolute atomic E-state index is 2.51. The van der Waals surface area contributed by atoms with Crippen LogP contribution in [0.2, 0.25) is 0 Å². The van der Waals surface area contributed by atoms with Crippen LogP contribution in [0.5, 0.6) is 0 Å². The summed E-state index contributed by atoms with van der Waals surface area (Å²) in [5.74, 6) is 0.864. The minimum absolute atomic E-state index is 0.864. The van der Waals surface area contributed by atoms with Crippen LogP contribution < -0.4 is 0 Å². The Bertz CT molecular complexity index is 153. The van der Waals surface area contributed by atoms with Gasteiger partial charge in [-0.15, -0.1) is 0 Å². The van der Waals surface area contributed by atoms with E-state index >= 15 is 0 Å². The Balaban J connectivity index is 3.76. The van der Waals surface area contributed by atoms with Gasteiger partial charge in [-0.05, 0) is 31.6 Å². The van der Waals surface area contributed by atoms with E-state index in [9.17, 15) is 0 Å². The second-order valence-corrected chi connectivity index (χ2v) is 5.04. The van der Waals surface area contributed by atoms with Gasteiger partial charge in [0.1, 0.15) is 0 Å². The molecule has 0 amide bonds. The maximum Gasteiger partial charge on any atom is -0.0320 e. The van der Waals surface area contributed by atoms with Crippen LogP contribution in [0.1, 0.15) is 79.1 Å². The van der Waals surface area contributed by atoms with Crippen molar-refractivity contribution in [3.63, 3.8) is 0 Å². The van der Waals surface area contributed by atoms with E-state index in [4.69, 9.17) is 0 Å². The molecule has 0 unspecified atom stereocenters. The van der Waals surface area contributed by atoms with Gasteiger partial charge in [-0.3, -0.25) is 0 Å². The van der Waals surface area contributed by atoms with Gasteiger partial charge in [0.15, 0.2) is 0 Å². The summed E-state index contributed by atoms with van der Waals surface area (Å²) in [5, 5.41) is 0. The molecule has 0 saturated heterocycles. The van der Waals surface area contributed by atoms with Crippen molar-refractivity contribution in [3.05, 3.63) is 11.6 Å². The van der Waals surface area contributed by atoms with Crippen molar-refractivity contribution in [2.45, 2.75) is 79.1 Å². The predicted molar refractivity (Wildman–Crippen MR) is 71.2 cm³/mol. The molecule has 0 radical (unpaired) electrons. The van der Waals surface area contributed by atoms with Crippen LogP contribution in [0.15, 0.2) is 11.6 Å². The summed E-state index contributed by atoms with van der Waals surface area (Å²) in [6.07, 6.45) is 13.2. The van der Waals surface area contributed by atoms with Crippen LogP contribution in [-0.2, 0) is 0 Å². The average Bonchev–Trinajstić information content (AvgIpc) is 2.17. The largest absolute Gasteiger partial charge is 0.0853 e. The molecule has 0 atom stereocenters. The van der Waals surface area contributed by atoms with Gasteiger partial charge in [-0.2, -0.15) is 0 Å². The Hall–Kier alpha value is -0.260. The summed E-state index contributed by atoms with van der Waals surface area (Å²) in [6, 6.07) is 0. The first-order valence-electron chi connectivity index (χ1n) is 6.88. The molecule has 0 saturated carbocycles. The fourth-order valence-electron chi connectivity index (χ4n) is 1.90. The van der Waals surface area contributed by atoms with Gasteiger partial charge in [0, 0.05) is 0 Å². The minimum Gasteiger partial charge on any atom is -0.0853 e. The lowest BCUT2D eigenvalue weighted by molar-refractivity contribution is 0.549. The number of allylic oxidation sites excluding steroid dienone is 2. The first-order chi connectivity index (χ1) is 7.20. The molecule has 0 heterocycles. The Morgan fingerprint density at radius 2 is 1.73 bits per heavy atom. The molecule has 0 bridgehead atoms. The van der Waals surface area contributed by atoms with Crippen molar-refractivity contribution in [1.29, 1.82) is 0 Å². The average molecular weight is 210 g/mol. The second-order valence-electron chi connectivity index (χ2n) is 5.04. The van der Waals surface area contributed by atoms with Crippen molar-refractivity contribution in [2.75, 3.05) is 0 Å². The van der Waals surface area contributed by atoms with Crippen LogP contribution in [0.25, 0.3) is 0 Å². The highest BCUT2D eigenvalue weighted by Gasteiger charge is 1.98. The number of unbranched alkanes of at least 4 members (excludes halogenated alkanes) is 2. The number of hydrogen-bond donors (Lipinski definition) is 0. The van der Waals surface area contributed by atoms with Gasteiger partial charge in [0.05, 0.1) is 0 Å². The zero-order chi connectivity index (χ0) is 11.5. The number of hydrogen-bond acceptors (Lipinski definition) is 0. The van der Waals surface area contributed by atoms with Crippen molar-refractivity contribution >= 4 is 0 Å². The molecule has 0 aromatic carbocycles. The molecule has 0 aliphatic carbocycles. The first kappa shape index (κ1) is 14.7. The molecule has 0 rings (SSSR count). The molecule has 0 fully saturated rings. The van der Waals surface area contributed by atoms with E-state index in [2.05, 4.69) is 33.8 Å². The summed E-state index contributed by atoms with van der Waals surface area (Å²) in [4.78, 5) is 0. The van der Waals surface area contributed by atoms with Crippen molar-refractivity contribution in [3.8, 4) is 0 Å². The van der Waals surface area contributed by atoms with E-state index < -0.39 is 0 Å². The third-order valence-corrected chi connectivity index (χ3v) is 2.84. The smallest absolute Gasteiger partial charge is 0.0320 e. The topological polar surface area (TPSA) is 0 Å². The molecule has 0 aliphatic heterocycles. The monoisotopic (exact) mass is 210 g/mol. The van der Waals surface area contributed by atoms with Crippen LogP contribution in [-0.4, -0.2) is 0 Å². The fourth-order valence-corrected chi connectivity index (χ4v) is 1.90. The van der Waals surface area contributed by atoms with E-state index in [0.29, 0.717) is 0 Å². The molecule has 0 N–H and O–H groups in total. The third kappa shape index (κ3) is 10.0. The lowest BCUT2D eigenvalue weighted by Crippen LogP contribution is -1.90. The molecular weight excluding hydrogens is 180 g/mol. The Morgan fingerprint density at radius 3 is 2.27 bits per heavy atom. The highest BCUT2D eigenvalue weighted by Crippen LogP contribution is 2.17. The zero-order valence-electron chi connectivity index (χ0n) is 11.3. The standard InChI is InChI=1S/C15H30/c1-5-7-8-12-15(10-6-2)13-9-11-14(3)4/h12,14H,5-11,13H2,1-4H3. The predicted octanol–water partition coefficient (Wildman–Crippen LogP) is 5.73. The molecule has 15 heavy (non-hydrogen) atoms. The van der Waals surface area contributed by atoms with Crippen LogP contribution in [0.4, 0.5) is 0 Å². The molecule has 0 spiro atoms. The van der Waals surface area contributed by atoms with Crippen molar-refractivity contribution in [1.82, 2.24) is 0 Å². The van der Waals surface area contributed by atoms with Gasteiger partial charge >= 0.3 is 0 Å². The van der Waals surface area contributed by atoms with Gasteiger partial charge in [-0.1, -0.05) is 65.0 Å². The molecule has 90 valence electrons. The van der Waals surface area contributed by atoms with E-state index in [1.165, 1.54) is 51.4 Å². The molecule has 0 heteroatoms. The van der Waals surface area contributed by atoms with Gasteiger partial charge in [0.25, 0.3) is 0 Å². The lowest BCUT2D eigenvalue weighted by Gasteiger charge is -2.08.